The third-order valence-electron chi connectivity index (χ3n) is 4.39. The Bertz CT molecular complexity index is 986. The summed E-state index contributed by atoms with van der Waals surface area (Å²) in [5, 5.41) is 2.15. The summed E-state index contributed by atoms with van der Waals surface area (Å²) in [6.07, 6.45) is 3.20. The highest BCUT2D eigenvalue weighted by Crippen LogP contribution is 2.27. The van der Waals surface area contributed by atoms with Gasteiger partial charge in [-0.25, -0.2) is 4.68 Å². The average Bonchev–Trinajstić information content (AvgIpc) is 3.28. The van der Waals surface area contributed by atoms with Crippen molar-refractivity contribution in [1.29, 1.82) is 0 Å². The highest BCUT2D eigenvalue weighted by Gasteiger charge is 2.16. The SMILES string of the molecule is COCCN=c1scc(-c2ccccc2)n1NC1=CCc2ccccc21. The molecular formula is C21H21N3OS. The Kier molecular flexibility index (Phi) is 5.00. The Balaban J connectivity index is 1.74. The van der Waals surface area contributed by atoms with Crippen LogP contribution in [0.3, 0.4) is 0 Å². The number of rotatable bonds is 6. The topological polar surface area (TPSA) is 38.5 Å². The van der Waals surface area contributed by atoms with Gasteiger partial charge in [-0.05, 0) is 12.0 Å². The summed E-state index contributed by atoms with van der Waals surface area (Å²) in [6.45, 7) is 1.26. The van der Waals surface area contributed by atoms with Crippen LogP contribution in [0.4, 0.5) is 0 Å². The number of aromatic nitrogens is 1. The molecule has 2 aromatic carbocycles. The van der Waals surface area contributed by atoms with E-state index >= 15 is 0 Å². The van der Waals surface area contributed by atoms with E-state index in [0.29, 0.717) is 13.2 Å². The minimum atomic E-state index is 0.615. The van der Waals surface area contributed by atoms with E-state index in [1.54, 1.807) is 18.4 Å². The molecule has 0 unspecified atom stereocenters. The van der Waals surface area contributed by atoms with Crippen molar-refractivity contribution in [2.24, 2.45) is 4.99 Å². The summed E-state index contributed by atoms with van der Waals surface area (Å²) < 4.78 is 7.23. The minimum absolute atomic E-state index is 0.615. The van der Waals surface area contributed by atoms with Gasteiger partial charge in [-0.3, -0.25) is 10.4 Å². The van der Waals surface area contributed by atoms with Crippen LogP contribution >= 0.6 is 11.3 Å². The molecule has 1 aromatic heterocycles. The first-order valence-electron chi connectivity index (χ1n) is 8.67. The predicted octanol–water partition coefficient (Wildman–Crippen LogP) is 3.90. The van der Waals surface area contributed by atoms with Crippen molar-refractivity contribution in [2.45, 2.75) is 6.42 Å². The third kappa shape index (κ3) is 3.36. The van der Waals surface area contributed by atoms with Crippen molar-refractivity contribution in [1.82, 2.24) is 4.68 Å². The molecule has 1 heterocycles. The van der Waals surface area contributed by atoms with Gasteiger partial charge in [0.25, 0.3) is 0 Å². The van der Waals surface area contributed by atoms with Crippen molar-refractivity contribution in [3.05, 3.63) is 82.0 Å². The van der Waals surface area contributed by atoms with Crippen molar-refractivity contribution in [3.8, 4) is 11.3 Å². The molecule has 1 aliphatic rings. The zero-order valence-corrected chi connectivity index (χ0v) is 15.5. The molecule has 0 bridgehead atoms. The molecule has 0 spiro atoms. The number of hydrogen-bond acceptors (Lipinski definition) is 4. The monoisotopic (exact) mass is 363 g/mol. The molecule has 0 aliphatic heterocycles. The molecule has 0 fully saturated rings. The van der Waals surface area contributed by atoms with Gasteiger partial charge in [0.2, 0.25) is 4.80 Å². The second kappa shape index (κ2) is 7.72. The maximum Gasteiger partial charge on any atom is 0.204 e. The number of thiazole rings is 1. The maximum atomic E-state index is 5.14. The fourth-order valence-corrected chi connectivity index (χ4v) is 3.95. The number of benzene rings is 2. The summed E-state index contributed by atoms with van der Waals surface area (Å²) in [4.78, 5) is 5.64. The van der Waals surface area contributed by atoms with Crippen molar-refractivity contribution < 1.29 is 4.74 Å². The van der Waals surface area contributed by atoms with Crippen LogP contribution in [0.1, 0.15) is 11.1 Å². The Morgan fingerprint density at radius 3 is 2.77 bits per heavy atom. The standard InChI is InChI=1S/C21H21N3OS/c1-25-14-13-22-21-24(20(15-26-21)17-8-3-2-4-9-17)23-19-12-11-16-7-5-6-10-18(16)19/h2-10,12,15,23H,11,13-14H2,1H3. The molecule has 1 N–H and O–H groups in total. The van der Waals surface area contributed by atoms with Gasteiger partial charge in [0.15, 0.2) is 0 Å². The lowest BCUT2D eigenvalue weighted by atomic mass is 10.1. The maximum absolute atomic E-state index is 5.14. The lowest BCUT2D eigenvalue weighted by molar-refractivity contribution is 0.207. The fourth-order valence-electron chi connectivity index (χ4n) is 3.08. The third-order valence-corrected chi connectivity index (χ3v) is 5.25. The highest BCUT2D eigenvalue weighted by atomic mass is 32.1. The molecule has 0 saturated heterocycles. The second-order valence-corrected chi connectivity index (χ2v) is 6.91. The first-order valence-corrected chi connectivity index (χ1v) is 9.55. The van der Waals surface area contributed by atoms with E-state index in [1.165, 1.54) is 11.1 Å². The first kappa shape index (κ1) is 16.8. The molecule has 1 aliphatic carbocycles. The zero-order chi connectivity index (χ0) is 17.8. The van der Waals surface area contributed by atoms with Gasteiger partial charge in [0.05, 0.1) is 24.5 Å². The Labute approximate surface area is 157 Å². The lowest BCUT2D eigenvalue weighted by Crippen LogP contribution is -2.26. The summed E-state index contributed by atoms with van der Waals surface area (Å²) in [5.74, 6) is 0. The van der Waals surface area contributed by atoms with Gasteiger partial charge in [0, 0.05) is 23.6 Å². The normalized spacial score (nSPS) is 13.6. The van der Waals surface area contributed by atoms with Crippen LogP contribution in [0.2, 0.25) is 0 Å². The number of allylic oxidation sites excluding steroid dienone is 1. The Morgan fingerprint density at radius 2 is 1.92 bits per heavy atom. The van der Waals surface area contributed by atoms with Gasteiger partial charge >= 0.3 is 0 Å². The van der Waals surface area contributed by atoms with Crippen LogP contribution in [-0.4, -0.2) is 24.9 Å². The Morgan fingerprint density at radius 1 is 1.12 bits per heavy atom. The number of ether oxygens (including phenoxy) is 1. The van der Waals surface area contributed by atoms with Gasteiger partial charge in [-0.1, -0.05) is 60.7 Å². The van der Waals surface area contributed by atoms with E-state index < -0.39 is 0 Å². The largest absolute Gasteiger partial charge is 0.383 e. The van der Waals surface area contributed by atoms with Crippen LogP contribution < -0.4 is 10.2 Å². The quantitative estimate of drug-likeness (QED) is 0.675. The molecule has 26 heavy (non-hydrogen) atoms. The molecule has 132 valence electrons. The minimum Gasteiger partial charge on any atom is -0.383 e. The lowest BCUT2D eigenvalue weighted by Gasteiger charge is -2.14. The average molecular weight is 363 g/mol. The molecule has 0 radical (unpaired) electrons. The number of hydrogen-bond donors (Lipinski definition) is 1. The predicted molar refractivity (Wildman–Crippen MR) is 108 cm³/mol. The summed E-state index contributed by atoms with van der Waals surface area (Å²) in [6, 6.07) is 18.9. The van der Waals surface area contributed by atoms with Crippen LogP contribution in [0, 0.1) is 0 Å². The second-order valence-electron chi connectivity index (χ2n) is 6.07. The number of fused-ring (bicyclic) bond motifs is 1. The molecule has 4 rings (SSSR count). The molecule has 3 aromatic rings. The van der Waals surface area contributed by atoms with Crippen LogP contribution in [0.5, 0.6) is 0 Å². The summed E-state index contributed by atoms with van der Waals surface area (Å²) in [5.41, 5.74) is 9.60. The van der Waals surface area contributed by atoms with Crippen molar-refractivity contribution in [3.63, 3.8) is 0 Å². The van der Waals surface area contributed by atoms with E-state index in [9.17, 15) is 0 Å². The van der Waals surface area contributed by atoms with Crippen molar-refractivity contribution in [2.75, 3.05) is 25.7 Å². The number of nitrogens with one attached hydrogen (secondary N) is 1. The molecule has 0 amide bonds. The van der Waals surface area contributed by atoms with E-state index in [4.69, 9.17) is 9.73 Å². The van der Waals surface area contributed by atoms with Crippen LogP contribution in [0.15, 0.2) is 71.0 Å². The van der Waals surface area contributed by atoms with E-state index in [2.05, 4.69) is 70.1 Å². The van der Waals surface area contributed by atoms with E-state index in [-0.39, 0.29) is 0 Å². The number of nitrogens with zero attached hydrogens (tertiary/aromatic N) is 2. The van der Waals surface area contributed by atoms with Gasteiger partial charge < -0.3 is 4.74 Å². The molecule has 0 atom stereocenters. The summed E-state index contributed by atoms with van der Waals surface area (Å²) in [7, 11) is 1.70. The molecular weight excluding hydrogens is 342 g/mol. The molecule has 4 nitrogen and oxygen atoms in total. The van der Waals surface area contributed by atoms with E-state index in [0.717, 1.165) is 28.2 Å². The fraction of sp³-hybridized carbons (Fsp3) is 0.190. The van der Waals surface area contributed by atoms with Crippen LogP contribution in [0.25, 0.3) is 17.0 Å². The molecule has 5 heteroatoms. The number of methoxy groups -OCH3 is 1. The highest BCUT2D eigenvalue weighted by molar-refractivity contribution is 7.07. The van der Waals surface area contributed by atoms with E-state index in [1.807, 2.05) is 6.07 Å². The smallest absolute Gasteiger partial charge is 0.204 e. The van der Waals surface area contributed by atoms with Crippen molar-refractivity contribution >= 4 is 17.0 Å². The molecule has 0 saturated carbocycles. The Hall–Kier alpha value is -2.63. The van der Waals surface area contributed by atoms with Gasteiger partial charge in [-0.15, -0.1) is 11.3 Å². The summed E-state index contributed by atoms with van der Waals surface area (Å²) >= 11 is 1.64. The van der Waals surface area contributed by atoms with Gasteiger partial charge in [-0.2, -0.15) is 0 Å². The van der Waals surface area contributed by atoms with Gasteiger partial charge in [0.1, 0.15) is 0 Å². The zero-order valence-electron chi connectivity index (χ0n) is 14.7. The first-order chi connectivity index (χ1) is 12.9. The van der Waals surface area contributed by atoms with Crippen LogP contribution in [-0.2, 0) is 11.2 Å².